The van der Waals surface area contributed by atoms with Gasteiger partial charge in [0.1, 0.15) is 0 Å². The lowest BCUT2D eigenvalue weighted by atomic mass is 10.2. The summed E-state index contributed by atoms with van der Waals surface area (Å²) in [6, 6.07) is 7.89. The first-order chi connectivity index (χ1) is 11.6. The van der Waals surface area contributed by atoms with Crippen molar-refractivity contribution in [3.05, 3.63) is 46.6 Å². The van der Waals surface area contributed by atoms with Crippen molar-refractivity contribution < 1.29 is 4.79 Å². The van der Waals surface area contributed by atoms with Crippen LogP contribution in [-0.2, 0) is 11.2 Å². The quantitative estimate of drug-likeness (QED) is 0.699. The van der Waals surface area contributed by atoms with Crippen molar-refractivity contribution in [3.8, 4) is 11.3 Å². The average molecular weight is 362 g/mol. The SMILES string of the molecule is CCC(C)NC(=O)CCc1csc2nc(-c3ccc(Cl)cc3)cn12. The number of hydrogen-bond acceptors (Lipinski definition) is 3. The van der Waals surface area contributed by atoms with Gasteiger partial charge in [-0.1, -0.05) is 30.7 Å². The number of imidazole rings is 1. The monoisotopic (exact) mass is 361 g/mol. The van der Waals surface area contributed by atoms with E-state index in [0.717, 1.165) is 28.3 Å². The van der Waals surface area contributed by atoms with Gasteiger partial charge in [-0.15, -0.1) is 11.3 Å². The molecule has 0 aliphatic carbocycles. The minimum absolute atomic E-state index is 0.0988. The van der Waals surface area contributed by atoms with Gasteiger partial charge in [-0.2, -0.15) is 0 Å². The number of aromatic nitrogens is 2. The molecule has 126 valence electrons. The van der Waals surface area contributed by atoms with Gasteiger partial charge in [0.15, 0.2) is 4.96 Å². The van der Waals surface area contributed by atoms with Crippen LogP contribution in [0.5, 0.6) is 0 Å². The van der Waals surface area contributed by atoms with Crippen LogP contribution in [0.4, 0.5) is 0 Å². The molecule has 0 saturated carbocycles. The van der Waals surface area contributed by atoms with Gasteiger partial charge < -0.3 is 5.32 Å². The molecule has 24 heavy (non-hydrogen) atoms. The van der Waals surface area contributed by atoms with Crippen LogP contribution in [-0.4, -0.2) is 21.3 Å². The molecule has 0 aliphatic heterocycles. The van der Waals surface area contributed by atoms with Crippen LogP contribution in [0.2, 0.25) is 5.02 Å². The second-order valence-corrected chi connectivity index (χ2v) is 7.16. The van der Waals surface area contributed by atoms with Crippen molar-refractivity contribution in [3.63, 3.8) is 0 Å². The molecule has 3 aromatic rings. The lowest BCUT2D eigenvalue weighted by Gasteiger charge is -2.10. The number of rotatable bonds is 6. The predicted molar refractivity (Wildman–Crippen MR) is 99.7 cm³/mol. The maximum absolute atomic E-state index is 12.0. The van der Waals surface area contributed by atoms with Crippen molar-refractivity contribution >= 4 is 33.8 Å². The topological polar surface area (TPSA) is 46.4 Å². The van der Waals surface area contributed by atoms with E-state index < -0.39 is 0 Å². The highest BCUT2D eigenvalue weighted by Gasteiger charge is 2.12. The van der Waals surface area contributed by atoms with E-state index in [0.29, 0.717) is 17.9 Å². The van der Waals surface area contributed by atoms with E-state index in [-0.39, 0.29) is 11.9 Å². The molecule has 1 unspecified atom stereocenters. The van der Waals surface area contributed by atoms with E-state index in [1.807, 2.05) is 37.4 Å². The molecule has 2 aromatic heterocycles. The van der Waals surface area contributed by atoms with Gasteiger partial charge in [0.05, 0.1) is 5.69 Å². The molecule has 3 rings (SSSR count). The van der Waals surface area contributed by atoms with E-state index in [4.69, 9.17) is 11.6 Å². The van der Waals surface area contributed by atoms with Crippen LogP contribution in [0.1, 0.15) is 32.4 Å². The van der Waals surface area contributed by atoms with Crippen LogP contribution >= 0.6 is 22.9 Å². The highest BCUT2D eigenvalue weighted by atomic mass is 35.5. The van der Waals surface area contributed by atoms with E-state index in [1.165, 1.54) is 0 Å². The fourth-order valence-corrected chi connectivity index (χ4v) is 3.49. The molecule has 1 amide bonds. The Morgan fingerprint density at radius 2 is 2.12 bits per heavy atom. The summed E-state index contributed by atoms with van der Waals surface area (Å²) >= 11 is 7.53. The van der Waals surface area contributed by atoms with Crippen molar-refractivity contribution in [1.82, 2.24) is 14.7 Å². The predicted octanol–water partition coefficient (Wildman–Crippen LogP) is 4.56. The van der Waals surface area contributed by atoms with Crippen molar-refractivity contribution in [2.45, 2.75) is 39.2 Å². The zero-order valence-electron chi connectivity index (χ0n) is 13.8. The van der Waals surface area contributed by atoms with Gasteiger partial charge in [0.2, 0.25) is 5.91 Å². The summed E-state index contributed by atoms with van der Waals surface area (Å²) in [5.41, 5.74) is 3.07. The lowest BCUT2D eigenvalue weighted by Crippen LogP contribution is -2.32. The summed E-state index contributed by atoms with van der Waals surface area (Å²) in [7, 11) is 0. The Morgan fingerprint density at radius 1 is 1.38 bits per heavy atom. The Kier molecular flexibility index (Phi) is 5.21. The van der Waals surface area contributed by atoms with Gasteiger partial charge in [-0.05, 0) is 31.9 Å². The lowest BCUT2D eigenvalue weighted by molar-refractivity contribution is -0.121. The van der Waals surface area contributed by atoms with Crippen molar-refractivity contribution in [2.24, 2.45) is 0 Å². The number of hydrogen-bond donors (Lipinski definition) is 1. The number of nitrogens with one attached hydrogen (secondary N) is 1. The van der Waals surface area contributed by atoms with Gasteiger partial charge >= 0.3 is 0 Å². The summed E-state index contributed by atoms with van der Waals surface area (Å²) < 4.78 is 2.07. The summed E-state index contributed by atoms with van der Waals surface area (Å²) in [4.78, 5) is 17.6. The summed E-state index contributed by atoms with van der Waals surface area (Å²) in [6.45, 7) is 4.09. The van der Waals surface area contributed by atoms with Gasteiger partial charge in [0.25, 0.3) is 0 Å². The zero-order chi connectivity index (χ0) is 17.1. The molecule has 1 N–H and O–H groups in total. The molecular formula is C18H20ClN3OS. The number of carbonyl (C=O) groups is 1. The number of benzene rings is 1. The van der Waals surface area contributed by atoms with Crippen LogP contribution in [0, 0.1) is 0 Å². The number of carbonyl (C=O) groups excluding carboxylic acids is 1. The normalized spacial score (nSPS) is 12.5. The fraction of sp³-hybridized carbons (Fsp3) is 0.333. The molecule has 0 spiro atoms. The summed E-state index contributed by atoms with van der Waals surface area (Å²) in [6.07, 6.45) is 4.17. The third kappa shape index (κ3) is 3.79. The smallest absolute Gasteiger partial charge is 0.220 e. The first kappa shape index (κ1) is 17.0. The highest BCUT2D eigenvalue weighted by molar-refractivity contribution is 7.15. The van der Waals surface area contributed by atoms with Gasteiger partial charge in [-0.25, -0.2) is 4.98 Å². The third-order valence-electron chi connectivity index (χ3n) is 4.05. The number of amides is 1. The molecule has 0 saturated heterocycles. The fourth-order valence-electron chi connectivity index (χ4n) is 2.46. The molecule has 1 aromatic carbocycles. The molecule has 0 fully saturated rings. The van der Waals surface area contributed by atoms with Crippen LogP contribution in [0.25, 0.3) is 16.2 Å². The molecule has 2 heterocycles. The summed E-state index contributed by atoms with van der Waals surface area (Å²) in [5.74, 6) is 0.0988. The maximum atomic E-state index is 12.0. The van der Waals surface area contributed by atoms with Crippen LogP contribution in [0.3, 0.4) is 0 Å². The molecule has 1 atom stereocenters. The molecule has 4 nitrogen and oxygen atoms in total. The van der Waals surface area contributed by atoms with Crippen molar-refractivity contribution in [2.75, 3.05) is 0 Å². The molecule has 0 radical (unpaired) electrons. The minimum atomic E-state index is 0.0988. The minimum Gasteiger partial charge on any atom is -0.354 e. The van der Waals surface area contributed by atoms with Crippen LogP contribution < -0.4 is 5.32 Å². The van der Waals surface area contributed by atoms with E-state index in [2.05, 4.69) is 27.0 Å². The Morgan fingerprint density at radius 3 is 2.83 bits per heavy atom. The zero-order valence-corrected chi connectivity index (χ0v) is 15.3. The maximum Gasteiger partial charge on any atom is 0.220 e. The standard InChI is InChI=1S/C18H20ClN3OS/c1-3-12(2)20-17(23)9-8-15-11-24-18-21-16(10-22(15)18)13-4-6-14(19)7-5-13/h4-7,10-12H,3,8-9H2,1-2H3,(H,20,23). The molecular weight excluding hydrogens is 342 g/mol. The van der Waals surface area contributed by atoms with Gasteiger partial charge in [-0.3, -0.25) is 9.20 Å². The second kappa shape index (κ2) is 7.36. The number of aryl methyl sites for hydroxylation is 1. The number of halogens is 1. The van der Waals surface area contributed by atoms with E-state index in [1.54, 1.807) is 11.3 Å². The Bertz CT molecular complexity index is 838. The van der Waals surface area contributed by atoms with Gasteiger partial charge in [0, 0.05) is 40.3 Å². The number of fused-ring (bicyclic) bond motifs is 1. The first-order valence-corrected chi connectivity index (χ1v) is 9.33. The van der Waals surface area contributed by atoms with E-state index in [9.17, 15) is 4.79 Å². The third-order valence-corrected chi connectivity index (χ3v) is 5.19. The number of nitrogens with zero attached hydrogens (tertiary/aromatic N) is 2. The Hall–Kier alpha value is -1.85. The number of thiazole rings is 1. The van der Waals surface area contributed by atoms with Crippen molar-refractivity contribution in [1.29, 1.82) is 0 Å². The largest absolute Gasteiger partial charge is 0.354 e. The highest BCUT2D eigenvalue weighted by Crippen LogP contribution is 2.25. The summed E-state index contributed by atoms with van der Waals surface area (Å²) in [5, 5.41) is 5.79. The molecule has 6 heteroatoms. The molecule has 0 bridgehead atoms. The van der Waals surface area contributed by atoms with E-state index >= 15 is 0 Å². The second-order valence-electron chi connectivity index (χ2n) is 5.89. The Labute approximate surface area is 150 Å². The van der Waals surface area contributed by atoms with Crippen LogP contribution in [0.15, 0.2) is 35.8 Å². The Balaban J connectivity index is 1.73. The average Bonchev–Trinajstić information content (AvgIpc) is 3.14. The molecule has 0 aliphatic rings. The first-order valence-electron chi connectivity index (χ1n) is 8.07.